The molecule has 7 nitrogen and oxygen atoms in total. The largest absolute Gasteiger partial charge is 0.356 e. The van der Waals surface area contributed by atoms with Crippen molar-refractivity contribution in [3.63, 3.8) is 0 Å². The third-order valence-electron chi connectivity index (χ3n) is 3.87. The Morgan fingerprint density at radius 2 is 2.16 bits per heavy atom. The van der Waals surface area contributed by atoms with Gasteiger partial charge in [-0.1, -0.05) is 13.8 Å². The Kier molecular flexibility index (Phi) is 8.95. The van der Waals surface area contributed by atoms with Gasteiger partial charge < -0.3 is 10.2 Å². The van der Waals surface area contributed by atoms with Crippen molar-refractivity contribution in [2.45, 2.75) is 39.3 Å². The van der Waals surface area contributed by atoms with Crippen LogP contribution in [0.15, 0.2) is 29.6 Å². The molecule has 2 aromatic heterocycles. The average molecular weight is 459 g/mol. The average Bonchev–Trinajstić information content (AvgIpc) is 3.16. The fourth-order valence-electron chi connectivity index (χ4n) is 2.75. The van der Waals surface area contributed by atoms with Crippen molar-refractivity contribution in [2.75, 3.05) is 20.6 Å². The van der Waals surface area contributed by atoms with E-state index in [2.05, 4.69) is 52.5 Å². The van der Waals surface area contributed by atoms with Crippen molar-refractivity contribution in [3.05, 3.63) is 35.9 Å². The van der Waals surface area contributed by atoms with Gasteiger partial charge in [0.25, 0.3) is 0 Å². The molecule has 0 aromatic carbocycles. The van der Waals surface area contributed by atoms with Crippen molar-refractivity contribution in [2.24, 2.45) is 12.0 Å². The molecule has 0 saturated carbocycles. The number of aliphatic imine (C=N–C) groups is 1. The van der Waals surface area contributed by atoms with Gasteiger partial charge in [0.2, 0.25) is 0 Å². The molecule has 0 unspecified atom stereocenters. The lowest BCUT2D eigenvalue weighted by Crippen LogP contribution is -2.39. The van der Waals surface area contributed by atoms with Crippen molar-refractivity contribution in [1.82, 2.24) is 29.8 Å². The van der Waals surface area contributed by atoms with Crippen molar-refractivity contribution >= 4 is 29.9 Å². The van der Waals surface area contributed by atoms with Crippen LogP contribution in [0, 0.1) is 0 Å². The molecule has 2 aromatic rings. The number of aromatic nitrogens is 4. The van der Waals surface area contributed by atoms with Gasteiger partial charge in [0.05, 0.1) is 5.69 Å². The van der Waals surface area contributed by atoms with Crippen LogP contribution >= 0.6 is 24.0 Å². The summed E-state index contributed by atoms with van der Waals surface area (Å²) in [6.07, 6.45) is 6.88. The minimum atomic E-state index is 0. The van der Waals surface area contributed by atoms with Gasteiger partial charge >= 0.3 is 0 Å². The maximum absolute atomic E-state index is 4.57. The SMILES string of the molecule is CN=C(NCCCn1cccn1)N(C)Cc1cn(C)nc1C(C)C.I. The number of halogens is 1. The first-order chi connectivity index (χ1) is 11.5. The van der Waals surface area contributed by atoms with Gasteiger partial charge in [0.1, 0.15) is 0 Å². The topological polar surface area (TPSA) is 63.3 Å². The van der Waals surface area contributed by atoms with Crippen molar-refractivity contribution in [3.8, 4) is 0 Å². The number of hydrogen-bond donors (Lipinski definition) is 1. The first-order valence-electron chi connectivity index (χ1n) is 8.43. The molecule has 0 radical (unpaired) electrons. The quantitative estimate of drug-likeness (QED) is 0.299. The predicted octanol–water partition coefficient (Wildman–Crippen LogP) is 2.46. The molecule has 2 heterocycles. The normalized spacial score (nSPS) is 11.5. The van der Waals surface area contributed by atoms with E-state index in [-0.39, 0.29) is 24.0 Å². The third kappa shape index (κ3) is 6.33. The van der Waals surface area contributed by atoms with E-state index in [0.29, 0.717) is 5.92 Å². The molecule has 1 N–H and O–H groups in total. The van der Waals surface area contributed by atoms with Gasteiger partial charge in [0, 0.05) is 64.9 Å². The third-order valence-corrected chi connectivity index (χ3v) is 3.87. The second kappa shape index (κ2) is 10.4. The number of guanidine groups is 1. The summed E-state index contributed by atoms with van der Waals surface area (Å²) < 4.78 is 3.83. The standard InChI is InChI=1S/C17H29N7.HI/c1-14(2)16-15(13-23(5)21-16)12-22(4)17(18-3)19-8-6-10-24-11-7-9-20-24;/h7,9,11,13-14H,6,8,10,12H2,1-5H3,(H,18,19);1H. The summed E-state index contributed by atoms with van der Waals surface area (Å²) in [6, 6.07) is 1.94. The lowest BCUT2D eigenvalue weighted by atomic mass is 10.1. The summed E-state index contributed by atoms with van der Waals surface area (Å²) in [5, 5.41) is 12.2. The smallest absolute Gasteiger partial charge is 0.193 e. The molecular weight excluding hydrogens is 429 g/mol. The fraction of sp³-hybridized carbons (Fsp3) is 0.588. The van der Waals surface area contributed by atoms with Gasteiger partial charge in [-0.15, -0.1) is 24.0 Å². The van der Waals surface area contributed by atoms with Crippen LogP contribution in [-0.2, 0) is 20.1 Å². The molecule has 0 amide bonds. The number of rotatable bonds is 7. The minimum absolute atomic E-state index is 0. The Morgan fingerprint density at radius 1 is 1.40 bits per heavy atom. The fourth-order valence-corrected chi connectivity index (χ4v) is 2.75. The van der Waals surface area contributed by atoms with Crippen LogP contribution in [0.4, 0.5) is 0 Å². The zero-order valence-corrected chi connectivity index (χ0v) is 18.1. The lowest BCUT2D eigenvalue weighted by molar-refractivity contribution is 0.468. The molecule has 0 aliphatic carbocycles. The lowest BCUT2D eigenvalue weighted by Gasteiger charge is -2.22. The van der Waals surface area contributed by atoms with Crippen LogP contribution in [0.25, 0.3) is 0 Å². The van der Waals surface area contributed by atoms with E-state index in [0.717, 1.165) is 37.7 Å². The Hall–Kier alpha value is -1.58. The molecular formula is C17H30IN7. The highest BCUT2D eigenvalue weighted by atomic mass is 127. The van der Waals surface area contributed by atoms with E-state index in [1.54, 1.807) is 6.20 Å². The molecule has 0 bridgehead atoms. The van der Waals surface area contributed by atoms with E-state index < -0.39 is 0 Å². The summed E-state index contributed by atoms with van der Waals surface area (Å²) in [7, 11) is 5.84. The van der Waals surface area contributed by atoms with E-state index in [1.807, 2.05) is 35.7 Å². The predicted molar refractivity (Wildman–Crippen MR) is 112 cm³/mol. The minimum Gasteiger partial charge on any atom is -0.356 e. The number of aryl methyl sites for hydroxylation is 2. The first kappa shape index (κ1) is 21.5. The Labute approximate surface area is 167 Å². The van der Waals surface area contributed by atoms with E-state index >= 15 is 0 Å². The second-order valence-corrected chi connectivity index (χ2v) is 6.32. The highest BCUT2D eigenvalue weighted by molar-refractivity contribution is 14.0. The van der Waals surface area contributed by atoms with Crippen LogP contribution in [-0.4, -0.2) is 51.1 Å². The highest BCUT2D eigenvalue weighted by Crippen LogP contribution is 2.18. The molecule has 0 fully saturated rings. The van der Waals surface area contributed by atoms with Crippen LogP contribution in [0.3, 0.4) is 0 Å². The molecule has 0 aliphatic rings. The number of hydrogen-bond acceptors (Lipinski definition) is 3. The maximum Gasteiger partial charge on any atom is 0.193 e. The first-order valence-corrected chi connectivity index (χ1v) is 8.43. The Morgan fingerprint density at radius 3 is 2.76 bits per heavy atom. The molecule has 8 heteroatoms. The van der Waals surface area contributed by atoms with Crippen LogP contribution in [0.5, 0.6) is 0 Å². The van der Waals surface area contributed by atoms with E-state index in [4.69, 9.17) is 0 Å². The van der Waals surface area contributed by atoms with Gasteiger partial charge in [0.15, 0.2) is 5.96 Å². The molecule has 0 spiro atoms. The Balaban J connectivity index is 0.00000312. The van der Waals surface area contributed by atoms with Crippen molar-refractivity contribution in [1.29, 1.82) is 0 Å². The van der Waals surface area contributed by atoms with Gasteiger partial charge in [-0.2, -0.15) is 10.2 Å². The monoisotopic (exact) mass is 459 g/mol. The number of nitrogens with zero attached hydrogens (tertiary/aromatic N) is 6. The highest BCUT2D eigenvalue weighted by Gasteiger charge is 2.14. The summed E-state index contributed by atoms with van der Waals surface area (Å²) in [5.41, 5.74) is 2.40. The summed E-state index contributed by atoms with van der Waals surface area (Å²) >= 11 is 0. The second-order valence-electron chi connectivity index (χ2n) is 6.32. The molecule has 0 saturated heterocycles. The van der Waals surface area contributed by atoms with Gasteiger partial charge in [-0.05, 0) is 18.4 Å². The zero-order valence-electron chi connectivity index (χ0n) is 15.8. The Bertz CT molecular complexity index is 646. The van der Waals surface area contributed by atoms with Gasteiger partial charge in [-0.3, -0.25) is 14.4 Å². The van der Waals surface area contributed by atoms with Crippen LogP contribution in [0.1, 0.15) is 37.4 Å². The summed E-state index contributed by atoms with van der Waals surface area (Å²) in [4.78, 5) is 6.52. The van der Waals surface area contributed by atoms with Crippen LogP contribution in [0.2, 0.25) is 0 Å². The molecule has 2 rings (SSSR count). The molecule has 140 valence electrons. The van der Waals surface area contributed by atoms with Crippen molar-refractivity contribution < 1.29 is 0 Å². The molecule has 0 atom stereocenters. The summed E-state index contributed by atoms with van der Waals surface area (Å²) in [5.74, 6) is 1.31. The maximum atomic E-state index is 4.57. The van der Waals surface area contributed by atoms with Crippen LogP contribution < -0.4 is 5.32 Å². The van der Waals surface area contributed by atoms with Gasteiger partial charge in [-0.25, -0.2) is 0 Å². The van der Waals surface area contributed by atoms with E-state index in [1.165, 1.54) is 5.56 Å². The van der Waals surface area contributed by atoms with E-state index in [9.17, 15) is 0 Å². The zero-order chi connectivity index (χ0) is 17.5. The number of nitrogens with one attached hydrogen (secondary N) is 1. The molecule has 0 aliphatic heterocycles. The molecule has 25 heavy (non-hydrogen) atoms. The summed E-state index contributed by atoms with van der Waals surface area (Å²) in [6.45, 7) is 6.91.